The number of benzene rings is 1. The average Bonchev–Trinajstić information content (AvgIpc) is 2.91. The van der Waals surface area contributed by atoms with Crippen molar-refractivity contribution in [3.63, 3.8) is 0 Å². The fraction of sp³-hybridized carbons (Fsp3) is 0.462. The Balaban J connectivity index is 1.89. The molecule has 104 valence electrons. The summed E-state index contributed by atoms with van der Waals surface area (Å²) in [6.45, 7) is 3.78. The second-order valence-electron chi connectivity index (χ2n) is 4.64. The second kappa shape index (κ2) is 6.75. The number of nitrogen functional groups attached to an aromatic ring is 1. The molecule has 1 aliphatic rings. The lowest BCUT2D eigenvalue weighted by molar-refractivity contribution is 0.0950. The molecule has 1 aliphatic heterocycles. The highest BCUT2D eigenvalue weighted by Gasteiger charge is 2.13. The number of halogens is 1. The van der Waals surface area contributed by atoms with Crippen LogP contribution in [0.2, 0.25) is 5.02 Å². The number of rotatable bonds is 5. The Labute approximate surface area is 118 Å². The molecular formula is C13H19ClN4O. The van der Waals surface area contributed by atoms with E-state index in [-0.39, 0.29) is 5.91 Å². The number of hydrogen-bond donors (Lipinski definition) is 3. The lowest BCUT2D eigenvalue weighted by Gasteiger charge is -2.15. The van der Waals surface area contributed by atoms with Crippen LogP contribution in [0.5, 0.6) is 0 Å². The molecule has 2 rings (SSSR count). The van der Waals surface area contributed by atoms with Gasteiger partial charge in [-0.3, -0.25) is 10.6 Å². The van der Waals surface area contributed by atoms with Gasteiger partial charge in [-0.25, -0.2) is 0 Å². The van der Waals surface area contributed by atoms with Gasteiger partial charge in [0, 0.05) is 18.1 Å². The smallest absolute Gasteiger partial charge is 0.253 e. The molecule has 4 N–H and O–H groups in total. The standard InChI is InChI=1S/C13H19ClN4O/c14-10-3-4-12(17-15)11(9-10)13(19)16-5-8-18-6-1-2-7-18/h3-4,9,17H,1-2,5-8,15H2,(H,16,19). The van der Waals surface area contributed by atoms with E-state index in [4.69, 9.17) is 17.4 Å². The minimum atomic E-state index is -0.158. The monoisotopic (exact) mass is 282 g/mol. The SMILES string of the molecule is NNc1ccc(Cl)cc1C(=O)NCCN1CCCC1. The molecule has 1 amide bonds. The van der Waals surface area contributed by atoms with E-state index < -0.39 is 0 Å². The summed E-state index contributed by atoms with van der Waals surface area (Å²) in [5.74, 6) is 5.23. The van der Waals surface area contributed by atoms with Crippen molar-refractivity contribution in [3.05, 3.63) is 28.8 Å². The summed E-state index contributed by atoms with van der Waals surface area (Å²) < 4.78 is 0. The number of carbonyl (C=O) groups is 1. The number of hydrogen-bond acceptors (Lipinski definition) is 4. The van der Waals surface area contributed by atoms with Crippen LogP contribution in [0, 0.1) is 0 Å². The number of carbonyl (C=O) groups excluding carboxylic acids is 1. The Kier molecular flexibility index (Phi) is 5.01. The van der Waals surface area contributed by atoms with Gasteiger partial charge >= 0.3 is 0 Å². The zero-order valence-electron chi connectivity index (χ0n) is 10.8. The van der Waals surface area contributed by atoms with E-state index in [2.05, 4.69) is 15.6 Å². The fourth-order valence-corrected chi connectivity index (χ4v) is 2.43. The van der Waals surface area contributed by atoms with Gasteiger partial charge in [-0.1, -0.05) is 11.6 Å². The number of nitrogens with two attached hydrogens (primary N) is 1. The van der Waals surface area contributed by atoms with E-state index >= 15 is 0 Å². The molecule has 1 heterocycles. The lowest BCUT2D eigenvalue weighted by Crippen LogP contribution is -2.34. The van der Waals surface area contributed by atoms with E-state index in [1.54, 1.807) is 18.2 Å². The molecule has 0 radical (unpaired) electrons. The van der Waals surface area contributed by atoms with Crippen LogP contribution in [0.15, 0.2) is 18.2 Å². The maximum absolute atomic E-state index is 12.1. The van der Waals surface area contributed by atoms with Gasteiger partial charge in [0.15, 0.2) is 0 Å². The first-order valence-corrected chi connectivity index (χ1v) is 6.85. The molecule has 0 aliphatic carbocycles. The molecule has 6 heteroatoms. The quantitative estimate of drug-likeness (QED) is 0.565. The topological polar surface area (TPSA) is 70.4 Å². The van der Waals surface area contributed by atoms with Crippen molar-refractivity contribution in [2.45, 2.75) is 12.8 Å². The number of nitrogens with zero attached hydrogens (tertiary/aromatic N) is 1. The molecule has 0 spiro atoms. The minimum absolute atomic E-state index is 0.158. The van der Waals surface area contributed by atoms with E-state index in [9.17, 15) is 4.79 Å². The number of anilines is 1. The largest absolute Gasteiger partial charge is 0.351 e. The van der Waals surface area contributed by atoms with Crippen LogP contribution in [0.1, 0.15) is 23.2 Å². The van der Waals surface area contributed by atoms with Crippen molar-refractivity contribution < 1.29 is 4.79 Å². The van der Waals surface area contributed by atoms with Gasteiger partial charge in [0.05, 0.1) is 11.3 Å². The zero-order valence-corrected chi connectivity index (χ0v) is 11.5. The summed E-state index contributed by atoms with van der Waals surface area (Å²) in [6, 6.07) is 5.00. The number of amides is 1. The average molecular weight is 283 g/mol. The maximum atomic E-state index is 12.1. The molecule has 1 aromatic rings. The first-order valence-electron chi connectivity index (χ1n) is 6.47. The number of likely N-dealkylation sites (tertiary alicyclic amines) is 1. The van der Waals surface area contributed by atoms with Crippen molar-refractivity contribution in [2.75, 3.05) is 31.6 Å². The van der Waals surface area contributed by atoms with Gasteiger partial charge in [0.1, 0.15) is 0 Å². The van der Waals surface area contributed by atoms with Crippen molar-refractivity contribution in [3.8, 4) is 0 Å². The molecule has 0 saturated carbocycles. The van der Waals surface area contributed by atoms with Gasteiger partial charge < -0.3 is 15.6 Å². The summed E-state index contributed by atoms with van der Waals surface area (Å²) in [5.41, 5.74) is 3.55. The maximum Gasteiger partial charge on any atom is 0.253 e. The predicted molar refractivity (Wildman–Crippen MR) is 77.3 cm³/mol. The molecule has 0 atom stereocenters. The van der Waals surface area contributed by atoms with Gasteiger partial charge in [0.2, 0.25) is 0 Å². The Morgan fingerprint density at radius 3 is 2.79 bits per heavy atom. The first-order chi connectivity index (χ1) is 9.20. The van der Waals surface area contributed by atoms with Crippen LogP contribution >= 0.6 is 11.6 Å². The summed E-state index contributed by atoms with van der Waals surface area (Å²) in [7, 11) is 0. The molecule has 1 fully saturated rings. The summed E-state index contributed by atoms with van der Waals surface area (Å²) >= 11 is 5.90. The third-order valence-corrected chi connectivity index (χ3v) is 3.53. The molecule has 1 aromatic carbocycles. The minimum Gasteiger partial charge on any atom is -0.351 e. The highest BCUT2D eigenvalue weighted by molar-refractivity contribution is 6.31. The van der Waals surface area contributed by atoms with Gasteiger partial charge in [0.25, 0.3) is 5.91 Å². The summed E-state index contributed by atoms with van der Waals surface area (Å²) in [4.78, 5) is 14.4. The fourth-order valence-electron chi connectivity index (χ4n) is 2.26. The van der Waals surface area contributed by atoms with Crippen LogP contribution in [0.4, 0.5) is 5.69 Å². The zero-order chi connectivity index (χ0) is 13.7. The Morgan fingerprint density at radius 2 is 2.11 bits per heavy atom. The van der Waals surface area contributed by atoms with Crippen LogP contribution in [-0.2, 0) is 0 Å². The number of nitrogens with one attached hydrogen (secondary N) is 2. The Morgan fingerprint density at radius 1 is 1.37 bits per heavy atom. The van der Waals surface area contributed by atoms with Gasteiger partial charge in [-0.15, -0.1) is 0 Å². The molecule has 1 saturated heterocycles. The normalized spacial score (nSPS) is 15.5. The highest BCUT2D eigenvalue weighted by atomic mass is 35.5. The van der Waals surface area contributed by atoms with E-state index in [1.807, 2.05) is 0 Å². The third-order valence-electron chi connectivity index (χ3n) is 3.29. The molecule has 0 aromatic heterocycles. The van der Waals surface area contributed by atoms with Crippen LogP contribution < -0.4 is 16.6 Å². The third kappa shape index (κ3) is 3.83. The summed E-state index contributed by atoms with van der Waals surface area (Å²) in [5, 5.41) is 3.41. The number of hydrazine groups is 1. The first kappa shape index (κ1) is 14.1. The van der Waals surface area contributed by atoms with Crippen LogP contribution in [0.25, 0.3) is 0 Å². The van der Waals surface area contributed by atoms with Crippen molar-refractivity contribution in [1.29, 1.82) is 0 Å². The van der Waals surface area contributed by atoms with Crippen LogP contribution in [-0.4, -0.2) is 37.0 Å². The molecular weight excluding hydrogens is 264 g/mol. The molecule has 5 nitrogen and oxygen atoms in total. The Hall–Kier alpha value is -1.30. The van der Waals surface area contributed by atoms with Crippen molar-refractivity contribution in [1.82, 2.24) is 10.2 Å². The van der Waals surface area contributed by atoms with Crippen molar-refractivity contribution in [2.24, 2.45) is 5.84 Å². The van der Waals surface area contributed by atoms with Crippen molar-refractivity contribution >= 4 is 23.2 Å². The predicted octanol–water partition coefficient (Wildman–Crippen LogP) is 1.45. The van der Waals surface area contributed by atoms with E-state index in [1.165, 1.54) is 12.8 Å². The van der Waals surface area contributed by atoms with E-state index in [0.717, 1.165) is 19.6 Å². The lowest BCUT2D eigenvalue weighted by atomic mass is 10.1. The van der Waals surface area contributed by atoms with E-state index in [0.29, 0.717) is 22.8 Å². The molecule has 0 bridgehead atoms. The van der Waals surface area contributed by atoms with Crippen LogP contribution in [0.3, 0.4) is 0 Å². The Bertz CT molecular complexity index is 446. The highest BCUT2D eigenvalue weighted by Crippen LogP contribution is 2.19. The second-order valence-corrected chi connectivity index (χ2v) is 5.08. The molecule has 19 heavy (non-hydrogen) atoms. The van der Waals surface area contributed by atoms with Gasteiger partial charge in [-0.05, 0) is 44.1 Å². The molecule has 0 unspecified atom stereocenters. The summed E-state index contributed by atoms with van der Waals surface area (Å²) in [6.07, 6.45) is 2.51. The van der Waals surface area contributed by atoms with Gasteiger partial charge in [-0.2, -0.15) is 0 Å².